The Hall–Kier alpha value is -1.22. The highest BCUT2D eigenvalue weighted by atomic mass is 15.3. The Morgan fingerprint density at radius 3 is 2.60 bits per heavy atom. The summed E-state index contributed by atoms with van der Waals surface area (Å²) in [7, 11) is 4.20. The Kier molecular flexibility index (Phi) is 4.28. The van der Waals surface area contributed by atoms with Gasteiger partial charge >= 0.3 is 0 Å². The second-order valence-corrected chi connectivity index (χ2v) is 7.12. The van der Waals surface area contributed by atoms with E-state index in [0.29, 0.717) is 12.0 Å². The molecule has 0 bridgehead atoms. The first-order chi connectivity index (χ1) is 9.30. The largest absolute Gasteiger partial charge is 0.378 e. The van der Waals surface area contributed by atoms with Gasteiger partial charge in [-0.1, -0.05) is 19.9 Å². The van der Waals surface area contributed by atoms with Crippen LogP contribution >= 0.6 is 0 Å². The number of hydrogen-bond acceptors (Lipinski definition) is 3. The Balaban J connectivity index is 2.32. The van der Waals surface area contributed by atoms with Crippen molar-refractivity contribution in [2.75, 3.05) is 37.0 Å². The van der Waals surface area contributed by atoms with E-state index in [9.17, 15) is 0 Å². The van der Waals surface area contributed by atoms with Crippen LogP contribution < -0.4 is 15.1 Å². The van der Waals surface area contributed by atoms with Gasteiger partial charge in [-0.05, 0) is 38.0 Å². The van der Waals surface area contributed by atoms with Crippen molar-refractivity contribution < 1.29 is 0 Å². The zero-order valence-corrected chi connectivity index (χ0v) is 13.8. The highest BCUT2D eigenvalue weighted by Gasteiger charge is 2.34. The molecule has 1 unspecified atom stereocenters. The van der Waals surface area contributed by atoms with Crippen molar-refractivity contribution in [1.29, 1.82) is 0 Å². The van der Waals surface area contributed by atoms with Crippen molar-refractivity contribution in [2.45, 2.75) is 39.3 Å². The molecule has 0 aliphatic carbocycles. The summed E-state index contributed by atoms with van der Waals surface area (Å²) in [6.45, 7) is 11.3. The molecule has 1 fully saturated rings. The highest BCUT2D eigenvalue weighted by molar-refractivity contribution is 5.60. The molecular weight excluding hydrogens is 246 g/mol. The van der Waals surface area contributed by atoms with E-state index in [0.717, 1.165) is 13.1 Å². The summed E-state index contributed by atoms with van der Waals surface area (Å²) in [5.41, 5.74) is 2.77. The van der Waals surface area contributed by atoms with Gasteiger partial charge in [0.2, 0.25) is 0 Å². The normalized spacial score (nSPS) is 22.1. The van der Waals surface area contributed by atoms with Crippen LogP contribution in [0.4, 0.5) is 11.4 Å². The molecule has 0 radical (unpaired) electrons. The summed E-state index contributed by atoms with van der Waals surface area (Å²) >= 11 is 0. The predicted molar refractivity (Wildman–Crippen MR) is 88.8 cm³/mol. The minimum Gasteiger partial charge on any atom is -0.378 e. The summed E-state index contributed by atoms with van der Waals surface area (Å²) in [5, 5.41) is 3.67. The lowest BCUT2D eigenvalue weighted by Gasteiger charge is -2.47. The molecule has 1 aliphatic rings. The molecular formula is C17H29N3. The van der Waals surface area contributed by atoms with E-state index in [1.165, 1.54) is 11.4 Å². The van der Waals surface area contributed by atoms with Crippen molar-refractivity contribution >= 4 is 11.4 Å². The fourth-order valence-electron chi connectivity index (χ4n) is 2.92. The summed E-state index contributed by atoms with van der Waals surface area (Å²) in [6.07, 6.45) is 0. The standard InChI is InChI=1S/C17H29N3/c1-13(2)16-11-18-17(3,4)12-20(16)15-9-7-8-14(10-15)19(5)6/h7-10,13,16,18H,11-12H2,1-6H3. The van der Waals surface area contributed by atoms with E-state index in [1.807, 2.05) is 0 Å². The Morgan fingerprint density at radius 2 is 2.00 bits per heavy atom. The van der Waals surface area contributed by atoms with E-state index in [2.05, 4.69) is 81.2 Å². The van der Waals surface area contributed by atoms with Crippen molar-refractivity contribution in [1.82, 2.24) is 5.32 Å². The Bertz CT molecular complexity index is 451. The molecule has 1 aliphatic heterocycles. The smallest absolute Gasteiger partial charge is 0.0438 e. The molecule has 1 aromatic carbocycles. The van der Waals surface area contributed by atoms with E-state index >= 15 is 0 Å². The summed E-state index contributed by atoms with van der Waals surface area (Å²) in [5.74, 6) is 0.640. The van der Waals surface area contributed by atoms with Crippen LogP contribution in [-0.4, -0.2) is 38.8 Å². The minimum atomic E-state index is 0.166. The maximum atomic E-state index is 3.67. The Morgan fingerprint density at radius 1 is 1.30 bits per heavy atom. The lowest BCUT2D eigenvalue weighted by atomic mass is 9.92. The third kappa shape index (κ3) is 3.26. The maximum absolute atomic E-state index is 3.67. The molecule has 0 spiro atoms. The molecule has 0 aromatic heterocycles. The van der Waals surface area contributed by atoms with Crippen LogP contribution in [0.3, 0.4) is 0 Å². The fraction of sp³-hybridized carbons (Fsp3) is 0.647. The molecule has 0 saturated carbocycles. The van der Waals surface area contributed by atoms with Gasteiger partial charge in [-0.2, -0.15) is 0 Å². The Labute approximate surface area is 124 Å². The molecule has 1 N–H and O–H groups in total. The van der Waals surface area contributed by atoms with Gasteiger partial charge in [0.05, 0.1) is 0 Å². The number of rotatable bonds is 3. The van der Waals surface area contributed by atoms with Crippen LogP contribution in [0.2, 0.25) is 0 Å². The summed E-state index contributed by atoms with van der Waals surface area (Å²) < 4.78 is 0. The molecule has 2 rings (SSSR count). The lowest BCUT2D eigenvalue weighted by Crippen LogP contribution is -2.63. The van der Waals surface area contributed by atoms with Crippen molar-refractivity contribution in [3.8, 4) is 0 Å². The average Bonchev–Trinajstić information content (AvgIpc) is 2.37. The van der Waals surface area contributed by atoms with E-state index in [-0.39, 0.29) is 5.54 Å². The summed E-state index contributed by atoms with van der Waals surface area (Å²) in [4.78, 5) is 4.75. The van der Waals surface area contributed by atoms with E-state index in [4.69, 9.17) is 0 Å². The van der Waals surface area contributed by atoms with Gasteiger partial charge in [0.1, 0.15) is 0 Å². The van der Waals surface area contributed by atoms with Crippen molar-refractivity contribution in [3.63, 3.8) is 0 Å². The number of piperazine rings is 1. The van der Waals surface area contributed by atoms with Gasteiger partial charge in [-0.15, -0.1) is 0 Å². The van der Waals surface area contributed by atoms with Crippen molar-refractivity contribution in [2.24, 2.45) is 5.92 Å². The van der Waals surface area contributed by atoms with Gasteiger partial charge < -0.3 is 15.1 Å². The third-order valence-corrected chi connectivity index (χ3v) is 4.20. The van der Waals surface area contributed by atoms with Crippen LogP contribution in [0, 0.1) is 5.92 Å². The van der Waals surface area contributed by atoms with Gasteiger partial charge in [-0.3, -0.25) is 0 Å². The molecule has 3 nitrogen and oxygen atoms in total. The zero-order valence-electron chi connectivity index (χ0n) is 13.8. The molecule has 0 amide bonds. The molecule has 1 heterocycles. The number of benzene rings is 1. The minimum absolute atomic E-state index is 0.166. The highest BCUT2D eigenvalue weighted by Crippen LogP contribution is 2.29. The van der Waals surface area contributed by atoms with Crippen molar-refractivity contribution in [3.05, 3.63) is 24.3 Å². The first-order valence-electron chi connectivity index (χ1n) is 7.59. The monoisotopic (exact) mass is 275 g/mol. The first kappa shape index (κ1) is 15.2. The average molecular weight is 275 g/mol. The van der Waals surface area contributed by atoms with Crippen LogP contribution in [0.1, 0.15) is 27.7 Å². The molecule has 20 heavy (non-hydrogen) atoms. The molecule has 1 aromatic rings. The predicted octanol–water partition coefficient (Wildman–Crippen LogP) is 2.97. The van der Waals surface area contributed by atoms with Crippen LogP contribution in [0.15, 0.2) is 24.3 Å². The number of hydrogen-bond donors (Lipinski definition) is 1. The topological polar surface area (TPSA) is 18.5 Å². The zero-order chi connectivity index (χ0) is 14.9. The van der Waals surface area contributed by atoms with Gasteiger partial charge in [0.15, 0.2) is 0 Å². The number of anilines is 2. The third-order valence-electron chi connectivity index (χ3n) is 4.20. The van der Waals surface area contributed by atoms with Crippen LogP contribution in [0.25, 0.3) is 0 Å². The molecule has 112 valence electrons. The first-order valence-corrected chi connectivity index (χ1v) is 7.59. The fourth-order valence-corrected chi connectivity index (χ4v) is 2.92. The van der Waals surface area contributed by atoms with Crippen LogP contribution in [0.5, 0.6) is 0 Å². The second kappa shape index (κ2) is 5.65. The lowest BCUT2D eigenvalue weighted by molar-refractivity contribution is 0.277. The van der Waals surface area contributed by atoms with Gasteiger partial charge in [0, 0.05) is 50.1 Å². The van der Waals surface area contributed by atoms with Crippen LogP contribution in [-0.2, 0) is 0 Å². The molecule has 3 heteroatoms. The van der Waals surface area contributed by atoms with Gasteiger partial charge in [0.25, 0.3) is 0 Å². The number of nitrogens with one attached hydrogen (secondary N) is 1. The van der Waals surface area contributed by atoms with Gasteiger partial charge in [-0.25, -0.2) is 0 Å². The maximum Gasteiger partial charge on any atom is 0.0438 e. The molecule has 1 saturated heterocycles. The second-order valence-electron chi connectivity index (χ2n) is 7.12. The SMILES string of the molecule is CC(C)C1CNC(C)(C)CN1c1cccc(N(C)C)c1. The summed E-state index contributed by atoms with van der Waals surface area (Å²) in [6, 6.07) is 9.43. The number of nitrogens with zero attached hydrogens (tertiary/aromatic N) is 2. The van der Waals surface area contributed by atoms with E-state index < -0.39 is 0 Å². The van der Waals surface area contributed by atoms with E-state index in [1.54, 1.807) is 0 Å². The molecule has 1 atom stereocenters. The quantitative estimate of drug-likeness (QED) is 0.915.